The number of aliphatic hydroxyl groups is 1. The van der Waals surface area contributed by atoms with Gasteiger partial charge in [-0.2, -0.15) is 0 Å². The van der Waals surface area contributed by atoms with Crippen molar-refractivity contribution in [3.05, 3.63) is 129 Å². The van der Waals surface area contributed by atoms with Crippen LogP contribution in [0.3, 0.4) is 0 Å². The summed E-state index contributed by atoms with van der Waals surface area (Å²) in [5, 5.41) is 22.7. The first-order valence-electron chi connectivity index (χ1n) is 19.7. The summed E-state index contributed by atoms with van der Waals surface area (Å²) >= 11 is 0. The van der Waals surface area contributed by atoms with E-state index in [4.69, 9.17) is 38.6 Å². The first kappa shape index (κ1) is 46.1. The molecule has 2 amide bonds. The monoisotopic (exact) mass is 845 g/mol. The van der Waals surface area contributed by atoms with Crippen molar-refractivity contribution in [2.24, 2.45) is 0 Å². The molecule has 0 bridgehead atoms. The van der Waals surface area contributed by atoms with E-state index in [1.54, 1.807) is 55.8 Å². The second-order valence-corrected chi connectivity index (χ2v) is 16.2. The quantitative estimate of drug-likeness (QED) is 0.0552. The Morgan fingerprint density at radius 1 is 0.836 bits per heavy atom. The van der Waals surface area contributed by atoms with Crippen molar-refractivity contribution in [3.8, 4) is 11.5 Å². The van der Waals surface area contributed by atoms with Crippen molar-refractivity contribution in [1.29, 1.82) is 5.41 Å². The molecule has 0 aliphatic carbocycles. The molecule has 3 aromatic carbocycles. The highest BCUT2D eigenvalue weighted by Crippen LogP contribution is 2.43. The number of carbonyl (C=O) groups excluding carboxylic acids is 2. The summed E-state index contributed by atoms with van der Waals surface area (Å²) in [6, 6.07) is 25.5. The Morgan fingerprint density at radius 2 is 1.39 bits per heavy atom. The maximum atomic E-state index is 13.2. The van der Waals surface area contributed by atoms with Gasteiger partial charge in [0, 0.05) is 25.4 Å². The molecule has 17 heteroatoms. The summed E-state index contributed by atoms with van der Waals surface area (Å²) < 4.78 is 42.4. The molecule has 5 rings (SSSR count). The molecule has 0 radical (unpaired) electrons. The van der Waals surface area contributed by atoms with Crippen LogP contribution < -0.4 is 26.0 Å². The van der Waals surface area contributed by atoms with Crippen LogP contribution in [0.25, 0.3) is 0 Å². The number of hydrogen-bond donors (Lipinski definition) is 4. The van der Waals surface area contributed by atoms with Gasteiger partial charge in [0.15, 0.2) is 6.23 Å². The predicted octanol–water partition coefficient (Wildman–Crippen LogP) is 5.29. The van der Waals surface area contributed by atoms with Gasteiger partial charge in [0.1, 0.15) is 46.6 Å². The van der Waals surface area contributed by atoms with Gasteiger partial charge in [-0.15, -0.1) is 0 Å². The zero-order chi connectivity index (χ0) is 44.5. The molecule has 4 N–H and O–H groups in total. The Hall–Kier alpha value is -6.01. The van der Waals surface area contributed by atoms with Crippen LogP contribution in [0.1, 0.15) is 70.9 Å². The van der Waals surface area contributed by atoms with E-state index in [1.165, 1.54) is 6.20 Å². The fourth-order valence-electron chi connectivity index (χ4n) is 6.69. The first-order chi connectivity index (χ1) is 28.8. The minimum Gasteiger partial charge on any atom is -0.497 e. The maximum Gasteiger partial charge on any atom is 0.417 e. The smallest absolute Gasteiger partial charge is 0.417 e. The minimum atomic E-state index is -1.39. The number of nitrogens with one attached hydrogen (secondary N) is 3. The van der Waals surface area contributed by atoms with E-state index in [0.717, 1.165) is 32.2 Å². The fraction of sp³-hybridized carbons (Fsp3) is 0.432. The molecule has 0 saturated carbocycles. The number of aromatic amines is 1. The van der Waals surface area contributed by atoms with Gasteiger partial charge in [-0.3, -0.25) is 25.1 Å². The Bertz CT molecular complexity index is 2170. The van der Waals surface area contributed by atoms with Crippen LogP contribution in [0.5, 0.6) is 11.5 Å². The number of nitrogens with zero attached hydrogens (tertiary/aromatic N) is 2. The van der Waals surface area contributed by atoms with Crippen LogP contribution in [0.2, 0.25) is 0 Å². The molecule has 1 aliphatic heterocycles. The zero-order valence-corrected chi connectivity index (χ0v) is 35.6. The number of aromatic nitrogens is 2. The molecule has 4 aromatic rings. The number of carbonyl (C=O) groups is 2. The molecular weight excluding hydrogens is 791 g/mol. The second-order valence-electron chi connectivity index (χ2n) is 16.2. The highest BCUT2D eigenvalue weighted by Gasteiger charge is 2.48. The van der Waals surface area contributed by atoms with Gasteiger partial charge in [0.25, 0.3) is 5.56 Å². The normalized spacial score (nSPS) is 17.9. The molecule has 61 heavy (non-hydrogen) atoms. The van der Waals surface area contributed by atoms with Crippen LogP contribution in [0.4, 0.5) is 9.59 Å². The molecule has 17 nitrogen and oxygen atoms in total. The molecule has 4 atom stereocenters. The Kier molecular flexibility index (Phi) is 14.8. The number of benzene rings is 3. The SMILES string of the molecule is COc1ccc(C(OC[C@H]2O[C@@H](n3ccc(=O)[nH]c3=O)[C@H](OCCCN(C(=N)NC(=O)OC(C)(C)C)C(=O)OC(C)(C)C)[C@@H]2O)(c2ccccc2)c2ccc(OC)cc2)cc1. The van der Waals surface area contributed by atoms with E-state index in [9.17, 15) is 24.3 Å². The van der Waals surface area contributed by atoms with Gasteiger partial charge in [-0.05, 0) is 88.9 Å². The topological polar surface area (TPSA) is 213 Å². The standard InChI is InChI=1S/C44H55N5O12/c1-42(2,3)60-40(53)47-38(45)49(41(54)61-43(4,5)6)24-12-26-57-36-35(51)33(59-37(36)48-25-23-34(50)46-39(48)52)27-58-44(28-13-10-9-11-14-28,29-15-19-31(55-7)20-16-29)30-17-21-32(56-8)22-18-30/h9-11,13-23,25,33,35-37,51H,12,24,26-27H2,1-8H3,(H2,45,47,53)(H,46,50,52)/t33-,35-,36-,37-/m1/s1. The third-order valence-corrected chi connectivity index (χ3v) is 9.42. The average Bonchev–Trinajstić information content (AvgIpc) is 3.51. The maximum absolute atomic E-state index is 13.2. The molecule has 328 valence electrons. The number of methoxy groups -OCH3 is 2. The van der Waals surface area contributed by atoms with E-state index >= 15 is 0 Å². The lowest BCUT2D eigenvalue weighted by atomic mass is 9.80. The summed E-state index contributed by atoms with van der Waals surface area (Å²) in [6.07, 6.45) is -5.43. The van der Waals surface area contributed by atoms with Gasteiger partial charge in [0.05, 0.1) is 20.8 Å². The second kappa shape index (κ2) is 19.6. The van der Waals surface area contributed by atoms with E-state index < -0.39 is 70.7 Å². The molecule has 0 unspecified atom stereocenters. The number of rotatable bonds is 14. The first-order valence-corrected chi connectivity index (χ1v) is 19.7. The van der Waals surface area contributed by atoms with Crippen LogP contribution >= 0.6 is 0 Å². The lowest BCUT2D eigenvalue weighted by molar-refractivity contribution is -0.0982. The molecule has 1 fully saturated rings. The number of ether oxygens (including phenoxy) is 7. The van der Waals surface area contributed by atoms with Gasteiger partial charge >= 0.3 is 17.9 Å². The van der Waals surface area contributed by atoms with E-state index in [1.807, 2.05) is 78.9 Å². The van der Waals surface area contributed by atoms with Crippen molar-refractivity contribution in [1.82, 2.24) is 19.8 Å². The molecule has 1 aliphatic rings. The van der Waals surface area contributed by atoms with Gasteiger partial charge < -0.3 is 38.3 Å². The Morgan fingerprint density at radius 3 is 1.92 bits per heavy atom. The van der Waals surface area contributed by atoms with E-state index in [-0.39, 0.29) is 26.2 Å². The van der Waals surface area contributed by atoms with Gasteiger partial charge in [-0.25, -0.2) is 19.3 Å². The van der Waals surface area contributed by atoms with E-state index in [0.29, 0.717) is 11.5 Å². The van der Waals surface area contributed by atoms with Crippen molar-refractivity contribution in [2.45, 2.75) is 89.3 Å². The van der Waals surface area contributed by atoms with Crippen molar-refractivity contribution >= 4 is 18.1 Å². The van der Waals surface area contributed by atoms with E-state index in [2.05, 4.69) is 10.3 Å². The number of alkyl carbamates (subject to hydrolysis) is 1. The zero-order valence-electron chi connectivity index (χ0n) is 35.6. The summed E-state index contributed by atoms with van der Waals surface area (Å²) in [7, 11) is 3.15. The van der Waals surface area contributed by atoms with Crippen LogP contribution in [-0.2, 0) is 29.3 Å². The fourth-order valence-corrected chi connectivity index (χ4v) is 6.69. The predicted molar refractivity (Wildman–Crippen MR) is 224 cm³/mol. The molecular formula is C44H55N5O12. The average molecular weight is 846 g/mol. The number of guanidine groups is 1. The van der Waals surface area contributed by atoms with Crippen molar-refractivity contribution in [3.63, 3.8) is 0 Å². The highest BCUT2D eigenvalue weighted by molar-refractivity contribution is 5.99. The molecule has 1 aromatic heterocycles. The minimum absolute atomic E-state index is 0.0707. The summed E-state index contributed by atoms with van der Waals surface area (Å²) in [4.78, 5) is 54.0. The summed E-state index contributed by atoms with van der Waals surface area (Å²) in [5.74, 6) is 0.683. The molecule has 1 saturated heterocycles. The van der Waals surface area contributed by atoms with Crippen molar-refractivity contribution in [2.75, 3.05) is 34.0 Å². The molecule has 0 spiro atoms. The van der Waals surface area contributed by atoms with Gasteiger partial charge in [-0.1, -0.05) is 54.6 Å². The third-order valence-electron chi connectivity index (χ3n) is 9.42. The largest absolute Gasteiger partial charge is 0.497 e. The highest BCUT2D eigenvalue weighted by atomic mass is 16.6. The Labute approximate surface area is 354 Å². The number of amides is 2. The lowest BCUT2D eigenvalue weighted by Gasteiger charge is -2.37. The number of H-pyrrole nitrogens is 1. The van der Waals surface area contributed by atoms with Crippen molar-refractivity contribution < 1.29 is 47.9 Å². The van der Waals surface area contributed by atoms with Crippen LogP contribution in [0, 0.1) is 5.41 Å². The lowest BCUT2D eigenvalue weighted by Crippen LogP contribution is -2.50. The van der Waals surface area contributed by atoms with Gasteiger partial charge in [0.2, 0.25) is 5.96 Å². The Balaban J connectivity index is 1.43. The summed E-state index contributed by atoms with van der Waals surface area (Å²) in [5.41, 5.74) is -2.24. The van der Waals surface area contributed by atoms with Crippen LogP contribution in [-0.4, -0.2) is 101 Å². The number of aliphatic hydroxyl groups excluding tert-OH is 1. The third kappa shape index (κ3) is 11.6. The number of hydrogen-bond acceptors (Lipinski definition) is 13. The molecule has 2 heterocycles. The van der Waals surface area contributed by atoms with Crippen LogP contribution in [0.15, 0.2) is 101 Å². The summed E-state index contributed by atoms with van der Waals surface area (Å²) in [6.45, 7) is 9.46.